The predicted octanol–water partition coefficient (Wildman–Crippen LogP) is 2.47. The van der Waals surface area contributed by atoms with Crippen LogP contribution in [0.5, 0.6) is 0 Å². The van der Waals surface area contributed by atoms with Gasteiger partial charge in [0.2, 0.25) is 5.91 Å². The van der Waals surface area contributed by atoms with Crippen LogP contribution >= 0.6 is 0 Å². The fourth-order valence-corrected chi connectivity index (χ4v) is 1.62. The molecular weight excluding hydrogens is 303 g/mol. The molecule has 1 aromatic rings. The van der Waals surface area contributed by atoms with Crippen molar-refractivity contribution in [3.05, 3.63) is 29.8 Å². The molecule has 0 aliphatic rings. The van der Waals surface area contributed by atoms with Crippen LogP contribution in [0.1, 0.15) is 12.5 Å². The van der Waals surface area contributed by atoms with Crippen LogP contribution in [0.25, 0.3) is 0 Å². The molecule has 22 heavy (non-hydrogen) atoms. The highest BCUT2D eigenvalue weighted by atomic mass is 19.4. The summed E-state index contributed by atoms with van der Waals surface area (Å²) < 4.78 is 39.8. The summed E-state index contributed by atoms with van der Waals surface area (Å²) in [7, 11) is 0. The van der Waals surface area contributed by atoms with Crippen LogP contribution in [0, 0.1) is 5.92 Å². The van der Waals surface area contributed by atoms with Gasteiger partial charge in [0, 0.05) is 5.69 Å². The summed E-state index contributed by atoms with van der Waals surface area (Å²) in [5.74, 6) is -2.13. The van der Waals surface area contributed by atoms with Crippen molar-refractivity contribution in [3.63, 3.8) is 0 Å². The molecule has 0 saturated heterocycles. The number of hydrogen-bond donors (Lipinski definition) is 2. The zero-order valence-corrected chi connectivity index (χ0v) is 11.8. The molecule has 0 radical (unpaired) electrons. The van der Waals surface area contributed by atoms with Gasteiger partial charge in [0.1, 0.15) is 13.2 Å². The number of amides is 1. The number of nitrogens with one attached hydrogen (secondary N) is 1. The van der Waals surface area contributed by atoms with Crippen LogP contribution in [-0.2, 0) is 20.7 Å². The Morgan fingerprint density at radius 2 is 1.86 bits per heavy atom. The van der Waals surface area contributed by atoms with Gasteiger partial charge in [0.25, 0.3) is 0 Å². The third-order valence-corrected chi connectivity index (χ3v) is 2.70. The Balaban J connectivity index is 2.43. The molecule has 2 N–H and O–H groups in total. The van der Waals surface area contributed by atoms with Gasteiger partial charge >= 0.3 is 12.1 Å². The zero-order chi connectivity index (χ0) is 16.8. The number of carboxylic acid groups (broad SMARTS) is 1. The Bertz CT molecular complexity index is 514. The fourth-order valence-electron chi connectivity index (χ4n) is 1.62. The van der Waals surface area contributed by atoms with Crippen molar-refractivity contribution in [3.8, 4) is 0 Å². The molecule has 5 nitrogen and oxygen atoms in total. The highest BCUT2D eigenvalue weighted by Crippen LogP contribution is 2.15. The predicted molar refractivity (Wildman–Crippen MR) is 72.4 cm³/mol. The zero-order valence-electron chi connectivity index (χ0n) is 11.8. The van der Waals surface area contributed by atoms with Crippen molar-refractivity contribution in [2.75, 3.05) is 18.5 Å². The lowest BCUT2D eigenvalue weighted by molar-refractivity contribution is -0.174. The third-order valence-electron chi connectivity index (χ3n) is 2.70. The number of carbonyl (C=O) groups is 2. The minimum atomic E-state index is -4.47. The summed E-state index contributed by atoms with van der Waals surface area (Å²) in [6.45, 7) is -0.597. The van der Waals surface area contributed by atoms with Gasteiger partial charge in [-0.05, 0) is 24.1 Å². The molecule has 0 spiro atoms. The van der Waals surface area contributed by atoms with E-state index < -0.39 is 37.2 Å². The van der Waals surface area contributed by atoms with E-state index in [1.807, 2.05) is 0 Å². The average Bonchev–Trinajstić information content (AvgIpc) is 2.39. The summed E-state index contributed by atoms with van der Waals surface area (Å²) >= 11 is 0. The molecule has 1 unspecified atom stereocenters. The second-order valence-corrected chi connectivity index (χ2v) is 4.80. The minimum absolute atomic E-state index is 0.345. The maximum absolute atomic E-state index is 11.8. The molecule has 0 aliphatic carbocycles. The Morgan fingerprint density at radius 3 is 2.36 bits per heavy atom. The van der Waals surface area contributed by atoms with Crippen LogP contribution in [0.4, 0.5) is 18.9 Å². The maximum atomic E-state index is 11.8. The second kappa shape index (κ2) is 7.79. The van der Waals surface area contributed by atoms with Gasteiger partial charge in [-0.3, -0.25) is 9.59 Å². The highest BCUT2D eigenvalue weighted by molar-refractivity contribution is 5.91. The van der Waals surface area contributed by atoms with Crippen LogP contribution < -0.4 is 5.32 Å². The van der Waals surface area contributed by atoms with Crippen LogP contribution in [0.15, 0.2) is 24.3 Å². The average molecular weight is 319 g/mol. The van der Waals surface area contributed by atoms with E-state index in [2.05, 4.69) is 10.1 Å². The Kier molecular flexibility index (Phi) is 6.36. The topological polar surface area (TPSA) is 75.6 Å². The highest BCUT2D eigenvalue weighted by Gasteiger charge is 2.27. The molecular formula is C14H16F3NO4. The molecule has 0 fully saturated rings. The van der Waals surface area contributed by atoms with E-state index in [4.69, 9.17) is 5.11 Å². The molecule has 1 atom stereocenters. The number of hydrogen-bond acceptors (Lipinski definition) is 3. The van der Waals surface area contributed by atoms with Gasteiger partial charge in [0.15, 0.2) is 0 Å². The maximum Gasteiger partial charge on any atom is 0.411 e. The number of carboxylic acids is 1. The Morgan fingerprint density at radius 1 is 1.27 bits per heavy atom. The molecule has 0 saturated carbocycles. The lowest BCUT2D eigenvalue weighted by Gasteiger charge is -2.09. The number of benzene rings is 1. The van der Waals surface area contributed by atoms with Crippen LogP contribution in [0.2, 0.25) is 0 Å². The number of alkyl halides is 3. The van der Waals surface area contributed by atoms with E-state index in [9.17, 15) is 22.8 Å². The lowest BCUT2D eigenvalue weighted by Crippen LogP contribution is -2.24. The second-order valence-electron chi connectivity index (χ2n) is 4.80. The number of ether oxygens (including phenoxy) is 1. The molecule has 8 heteroatoms. The first-order valence-electron chi connectivity index (χ1n) is 6.43. The van der Waals surface area contributed by atoms with Crippen LogP contribution in [0.3, 0.4) is 0 Å². The molecule has 0 bridgehead atoms. The van der Waals surface area contributed by atoms with Gasteiger partial charge in [0.05, 0.1) is 5.92 Å². The minimum Gasteiger partial charge on any atom is -0.481 e. The van der Waals surface area contributed by atoms with Gasteiger partial charge in [-0.1, -0.05) is 19.1 Å². The van der Waals surface area contributed by atoms with Gasteiger partial charge in [-0.15, -0.1) is 0 Å². The van der Waals surface area contributed by atoms with E-state index in [0.29, 0.717) is 12.1 Å². The lowest BCUT2D eigenvalue weighted by atomic mass is 10.0. The third kappa shape index (κ3) is 7.07. The molecule has 1 aromatic carbocycles. The van der Waals surface area contributed by atoms with Crippen molar-refractivity contribution in [1.29, 1.82) is 0 Å². The first kappa shape index (κ1) is 18.0. The molecule has 0 heterocycles. The van der Waals surface area contributed by atoms with Crippen LogP contribution in [-0.4, -0.2) is 36.4 Å². The quantitative estimate of drug-likeness (QED) is 0.809. The van der Waals surface area contributed by atoms with E-state index >= 15 is 0 Å². The number of rotatable bonds is 7. The monoisotopic (exact) mass is 319 g/mol. The summed E-state index contributed by atoms with van der Waals surface area (Å²) in [6, 6.07) is 6.38. The van der Waals surface area contributed by atoms with E-state index in [-0.39, 0.29) is 0 Å². The smallest absolute Gasteiger partial charge is 0.411 e. The van der Waals surface area contributed by atoms with Crippen molar-refractivity contribution in [2.45, 2.75) is 19.5 Å². The summed E-state index contributed by atoms with van der Waals surface area (Å²) in [6.07, 6.45) is -4.12. The van der Waals surface area contributed by atoms with Crippen molar-refractivity contribution >= 4 is 17.6 Å². The van der Waals surface area contributed by atoms with Gasteiger partial charge < -0.3 is 15.2 Å². The standard InChI is InChI=1S/C14H16F3NO4/c1-9(13(20)21)6-10-2-4-11(5-3-10)18-12(19)7-22-8-14(15,16)17/h2-5,9H,6-8H2,1H3,(H,18,19)(H,20,21). The van der Waals surface area contributed by atoms with E-state index in [1.165, 1.54) is 0 Å². The van der Waals surface area contributed by atoms with Crippen molar-refractivity contribution in [2.24, 2.45) is 5.92 Å². The molecule has 1 amide bonds. The van der Waals surface area contributed by atoms with E-state index in [1.54, 1.807) is 31.2 Å². The summed E-state index contributed by atoms with van der Waals surface area (Å²) in [5.41, 5.74) is 1.17. The first-order valence-corrected chi connectivity index (χ1v) is 6.43. The molecule has 0 aromatic heterocycles. The van der Waals surface area contributed by atoms with Gasteiger partial charge in [-0.2, -0.15) is 13.2 Å². The molecule has 1 rings (SSSR count). The number of carbonyl (C=O) groups excluding carboxylic acids is 1. The summed E-state index contributed by atoms with van der Waals surface area (Å²) in [5, 5.41) is 11.2. The number of halogens is 3. The fraction of sp³-hybridized carbons (Fsp3) is 0.429. The van der Waals surface area contributed by atoms with Crippen molar-refractivity contribution in [1.82, 2.24) is 0 Å². The van der Waals surface area contributed by atoms with Crippen molar-refractivity contribution < 1.29 is 32.6 Å². The van der Waals surface area contributed by atoms with E-state index in [0.717, 1.165) is 5.56 Å². The number of anilines is 1. The Hall–Kier alpha value is -2.09. The molecule has 122 valence electrons. The summed E-state index contributed by atoms with van der Waals surface area (Å²) in [4.78, 5) is 22.1. The molecule has 0 aliphatic heterocycles. The SMILES string of the molecule is CC(Cc1ccc(NC(=O)COCC(F)(F)F)cc1)C(=O)O. The normalized spacial score (nSPS) is 12.7. The largest absolute Gasteiger partial charge is 0.481 e. The van der Waals surface area contributed by atoms with Gasteiger partial charge in [-0.25, -0.2) is 0 Å². The first-order chi connectivity index (χ1) is 10.2. The number of aliphatic carboxylic acids is 1. The Labute approximate surface area is 125 Å².